The first-order valence-electron chi connectivity index (χ1n) is 6.34. The Labute approximate surface area is 124 Å². The standard InChI is InChI=1S/C16H17Cl2N/c1-19-11-13(12-6-3-2-4-7-12)10-14-15(17)8-5-9-16(14)18/h2-9,13,19H,10-11H2,1H3. The highest BCUT2D eigenvalue weighted by atomic mass is 35.5. The number of rotatable bonds is 5. The maximum absolute atomic E-state index is 6.26. The first-order chi connectivity index (χ1) is 9.22. The molecular weight excluding hydrogens is 277 g/mol. The molecule has 100 valence electrons. The van der Waals surface area contributed by atoms with Gasteiger partial charge in [0.25, 0.3) is 0 Å². The van der Waals surface area contributed by atoms with Crippen LogP contribution in [0.3, 0.4) is 0 Å². The van der Waals surface area contributed by atoms with Crippen molar-refractivity contribution in [3.05, 3.63) is 69.7 Å². The highest BCUT2D eigenvalue weighted by Crippen LogP contribution is 2.30. The van der Waals surface area contributed by atoms with Crippen LogP contribution in [0.25, 0.3) is 0 Å². The molecule has 0 aromatic heterocycles. The average Bonchev–Trinajstić information content (AvgIpc) is 2.43. The second-order valence-electron chi connectivity index (χ2n) is 4.57. The van der Waals surface area contributed by atoms with Crippen LogP contribution in [-0.4, -0.2) is 13.6 Å². The molecule has 0 radical (unpaired) electrons. The topological polar surface area (TPSA) is 12.0 Å². The molecule has 0 heterocycles. The SMILES string of the molecule is CNCC(Cc1c(Cl)cccc1Cl)c1ccccc1. The number of hydrogen-bond donors (Lipinski definition) is 1. The molecular formula is C16H17Cl2N. The van der Waals surface area contributed by atoms with E-state index in [9.17, 15) is 0 Å². The molecule has 2 aromatic carbocycles. The maximum Gasteiger partial charge on any atom is 0.0453 e. The molecule has 1 unspecified atom stereocenters. The van der Waals surface area contributed by atoms with Crippen LogP contribution in [0.15, 0.2) is 48.5 Å². The molecule has 0 bridgehead atoms. The predicted molar refractivity (Wildman–Crippen MR) is 83.3 cm³/mol. The third kappa shape index (κ3) is 3.73. The summed E-state index contributed by atoms with van der Waals surface area (Å²) in [5.41, 5.74) is 2.32. The Morgan fingerprint density at radius 2 is 1.58 bits per heavy atom. The van der Waals surface area contributed by atoms with Crippen LogP contribution >= 0.6 is 23.2 Å². The lowest BCUT2D eigenvalue weighted by atomic mass is 9.92. The Kier molecular flexibility index (Phi) is 5.26. The lowest BCUT2D eigenvalue weighted by Crippen LogP contribution is -2.19. The second kappa shape index (κ2) is 6.95. The van der Waals surface area contributed by atoms with Gasteiger partial charge in [-0.1, -0.05) is 59.6 Å². The largest absolute Gasteiger partial charge is 0.319 e. The molecule has 0 fully saturated rings. The van der Waals surface area contributed by atoms with Gasteiger partial charge >= 0.3 is 0 Å². The Bertz CT molecular complexity index is 505. The molecule has 0 aliphatic rings. The van der Waals surface area contributed by atoms with Crippen molar-refractivity contribution in [3.63, 3.8) is 0 Å². The summed E-state index contributed by atoms with van der Waals surface area (Å²) >= 11 is 12.5. The quantitative estimate of drug-likeness (QED) is 0.853. The fourth-order valence-electron chi connectivity index (χ4n) is 2.25. The Morgan fingerprint density at radius 3 is 2.16 bits per heavy atom. The van der Waals surface area contributed by atoms with E-state index in [1.165, 1.54) is 5.56 Å². The zero-order valence-electron chi connectivity index (χ0n) is 10.9. The lowest BCUT2D eigenvalue weighted by molar-refractivity contribution is 0.626. The zero-order chi connectivity index (χ0) is 13.7. The van der Waals surface area contributed by atoms with Crippen LogP contribution < -0.4 is 5.32 Å². The summed E-state index contributed by atoms with van der Waals surface area (Å²) in [7, 11) is 1.96. The molecule has 19 heavy (non-hydrogen) atoms. The summed E-state index contributed by atoms with van der Waals surface area (Å²) in [6, 6.07) is 16.1. The van der Waals surface area contributed by atoms with Crippen molar-refractivity contribution in [1.82, 2.24) is 5.32 Å². The minimum absolute atomic E-state index is 0.364. The van der Waals surface area contributed by atoms with E-state index in [4.69, 9.17) is 23.2 Å². The Morgan fingerprint density at radius 1 is 0.947 bits per heavy atom. The minimum atomic E-state index is 0.364. The Hall–Kier alpha value is -1.02. The van der Waals surface area contributed by atoms with Gasteiger partial charge in [0.2, 0.25) is 0 Å². The molecule has 0 spiro atoms. The number of halogens is 2. The molecule has 0 aliphatic carbocycles. The molecule has 3 heteroatoms. The average molecular weight is 294 g/mol. The molecule has 1 atom stereocenters. The molecule has 0 amide bonds. The number of benzene rings is 2. The van der Waals surface area contributed by atoms with Gasteiger partial charge in [-0.05, 0) is 36.7 Å². The molecule has 0 saturated heterocycles. The summed E-state index contributed by atoms with van der Waals surface area (Å²) in [5, 5.41) is 4.72. The molecule has 1 N–H and O–H groups in total. The van der Waals surface area contributed by atoms with Crippen LogP contribution in [0.5, 0.6) is 0 Å². The summed E-state index contributed by atoms with van der Waals surface area (Å²) in [5.74, 6) is 0.364. The van der Waals surface area contributed by atoms with Crippen molar-refractivity contribution < 1.29 is 0 Å². The van der Waals surface area contributed by atoms with Crippen molar-refractivity contribution in [1.29, 1.82) is 0 Å². The van der Waals surface area contributed by atoms with Crippen molar-refractivity contribution in [2.75, 3.05) is 13.6 Å². The maximum atomic E-state index is 6.26. The highest BCUT2D eigenvalue weighted by molar-refractivity contribution is 6.36. The van der Waals surface area contributed by atoms with E-state index in [0.29, 0.717) is 5.92 Å². The van der Waals surface area contributed by atoms with Gasteiger partial charge < -0.3 is 5.32 Å². The third-order valence-corrected chi connectivity index (χ3v) is 3.94. The molecule has 2 aromatic rings. The number of nitrogens with one attached hydrogen (secondary N) is 1. The van der Waals surface area contributed by atoms with Crippen LogP contribution in [0.2, 0.25) is 10.0 Å². The van der Waals surface area contributed by atoms with Gasteiger partial charge in [0.15, 0.2) is 0 Å². The van der Waals surface area contributed by atoms with Crippen molar-refractivity contribution in [2.24, 2.45) is 0 Å². The monoisotopic (exact) mass is 293 g/mol. The first-order valence-corrected chi connectivity index (χ1v) is 7.10. The smallest absolute Gasteiger partial charge is 0.0453 e. The minimum Gasteiger partial charge on any atom is -0.319 e. The van der Waals surface area contributed by atoms with Gasteiger partial charge in [-0.3, -0.25) is 0 Å². The second-order valence-corrected chi connectivity index (χ2v) is 5.38. The van der Waals surface area contributed by atoms with Crippen LogP contribution in [-0.2, 0) is 6.42 Å². The molecule has 2 rings (SSSR count). The van der Waals surface area contributed by atoms with E-state index < -0.39 is 0 Å². The van der Waals surface area contributed by atoms with Gasteiger partial charge in [0.05, 0.1) is 0 Å². The van der Waals surface area contributed by atoms with Gasteiger partial charge in [-0.2, -0.15) is 0 Å². The van der Waals surface area contributed by atoms with Crippen LogP contribution in [0.4, 0.5) is 0 Å². The Balaban J connectivity index is 2.27. The lowest BCUT2D eigenvalue weighted by Gasteiger charge is -2.18. The molecule has 0 aliphatic heterocycles. The van der Waals surface area contributed by atoms with E-state index in [0.717, 1.165) is 28.6 Å². The van der Waals surface area contributed by atoms with E-state index in [2.05, 4.69) is 29.6 Å². The first kappa shape index (κ1) is 14.4. The third-order valence-electron chi connectivity index (χ3n) is 3.23. The predicted octanol–water partition coefficient (Wildman–Crippen LogP) is 4.54. The fraction of sp³-hybridized carbons (Fsp3) is 0.250. The van der Waals surface area contributed by atoms with E-state index in [1.54, 1.807) is 0 Å². The van der Waals surface area contributed by atoms with Gasteiger partial charge in [-0.25, -0.2) is 0 Å². The van der Waals surface area contributed by atoms with Gasteiger partial charge in [-0.15, -0.1) is 0 Å². The van der Waals surface area contributed by atoms with Gasteiger partial charge in [0.1, 0.15) is 0 Å². The number of likely N-dealkylation sites (N-methyl/N-ethyl adjacent to an activating group) is 1. The summed E-state index contributed by atoms with van der Waals surface area (Å²) in [6.45, 7) is 0.894. The van der Waals surface area contributed by atoms with Crippen LogP contribution in [0.1, 0.15) is 17.0 Å². The summed E-state index contributed by atoms with van der Waals surface area (Å²) in [4.78, 5) is 0. The van der Waals surface area contributed by atoms with Crippen LogP contribution in [0, 0.1) is 0 Å². The van der Waals surface area contributed by atoms with E-state index in [-0.39, 0.29) is 0 Å². The zero-order valence-corrected chi connectivity index (χ0v) is 12.4. The normalized spacial score (nSPS) is 12.4. The van der Waals surface area contributed by atoms with Gasteiger partial charge in [0, 0.05) is 22.5 Å². The van der Waals surface area contributed by atoms with Crippen molar-refractivity contribution >= 4 is 23.2 Å². The van der Waals surface area contributed by atoms with E-state index in [1.807, 2.05) is 31.3 Å². The summed E-state index contributed by atoms with van der Waals surface area (Å²) < 4.78 is 0. The number of hydrogen-bond acceptors (Lipinski definition) is 1. The molecule has 0 saturated carbocycles. The van der Waals surface area contributed by atoms with E-state index >= 15 is 0 Å². The van der Waals surface area contributed by atoms with Crippen molar-refractivity contribution in [2.45, 2.75) is 12.3 Å². The highest BCUT2D eigenvalue weighted by Gasteiger charge is 2.15. The fourth-order valence-corrected chi connectivity index (χ4v) is 2.80. The van der Waals surface area contributed by atoms with Crippen molar-refractivity contribution in [3.8, 4) is 0 Å². The molecule has 1 nitrogen and oxygen atoms in total. The summed E-state index contributed by atoms with van der Waals surface area (Å²) in [6.07, 6.45) is 0.837.